The van der Waals surface area contributed by atoms with Crippen molar-refractivity contribution in [3.05, 3.63) is 53.8 Å². The van der Waals surface area contributed by atoms with E-state index in [9.17, 15) is 12.8 Å². The van der Waals surface area contributed by atoms with E-state index in [1.165, 1.54) is 12.1 Å². The third-order valence-corrected chi connectivity index (χ3v) is 3.72. The summed E-state index contributed by atoms with van der Waals surface area (Å²) in [5, 5.41) is 0. The van der Waals surface area contributed by atoms with Gasteiger partial charge in [0.25, 0.3) is 0 Å². The molecule has 0 saturated heterocycles. The lowest BCUT2D eigenvalue weighted by molar-refractivity contribution is 0.596. The second-order valence-electron chi connectivity index (χ2n) is 4.21. The molecule has 0 aliphatic rings. The largest absolute Gasteiger partial charge is 0.224 e. The molecule has 2 rings (SSSR count). The molecule has 0 amide bonds. The molecule has 0 aliphatic heterocycles. The highest BCUT2D eigenvalue weighted by Gasteiger charge is 2.12. The summed E-state index contributed by atoms with van der Waals surface area (Å²) in [7, 11) is -3.38. The van der Waals surface area contributed by atoms with Gasteiger partial charge in [0.15, 0.2) is 9.84 Å². The number of hydrogen-bond acceptors (Lipinski definition) is 2. The molecule has 0 atom stereocenters. The molecule has 93 valence electrons. The van der Waals surface area contributed by atoms with Gasteiger partial charge in [-0.15, -0.1) is 0 Å². The van der Waals surface area contributed by atoms with Crippen molar-refractivity contribution in [1.82, 2.24) is 0 Å². The summed E-state index contributed by atoms with van der Waals surface area (Å²) >= 11 is 0. The number of halogens is 1. The quantitative estimate of drug-likeness (QED) is 0.834. The van der Waals surface area contributed by atoms with E-state index in [1.807, 2.05) is 13.0 Å². The van der Waals surface area contributed by atoms with Gasteiger partial charge in [0, 0.05) is 11.8 Å². The van der Waals surface area contributed by atoms with Crippen LogP contribution in [0.3, 0.4) is 0 Å². The molecule has 1 radical (unpaired) electrons. The number of benzene rings is 2. The summed E-state index contributed by atoms with van der Waals surface area (Å²) in [6, 6.07) is 12.2. The van der Waals surface area contributed by atoms with Crippen LogP contribution in [0.4, 0.5) is 4.39 Å². The van der Waals surface area contributed by atoms with Crippen molar-refractivity contribution in [2.24, 2.45) is 0 Å². The molecule has 0 N–H and O–H groups in total. The lowest BCUT2D eigenvalue weighted by atomic mass is 10.0. The van der Waals surface area contributed by atoms with Crippen LogP contribution in [-0.2, 0) is 9.84 Å². The van der Waals surface area contributed by atoms with E-state index in [0.29, 0.717) is 11.1 Å². The van der Waals surface area contributed by atoms with Crippen LogP contribution in [-0.4, -0.2) is 14.7 Å². The average Bonchev–Trinajstić information content (AvgIpc) is 2.27. The highest BCUT2D eigenvalue weighted by atomic mass is 32.2. The minimum absolute atomic E-state index is 0.0135. The maximum absolute atomic E-state index is 13.9. The second kappa shape index (κ2) is 4.53. The Morgan fingerprint density at radius 1 is 1.17 bits per heavy atom. The molecule has 0 heterocycles. The molecule has 18 heavy (non-hydrogen) atoms. The molecule has 4 heteroatoms. The fraction of sp³-hybridized carbons (Fsp3) is 0.143. The Labute approximate surface area is 106 Å². The van der Waals surface area contributed by atoms with Crippen molar-refractivity contribution in [3.8, 4) is 11.1 Å². The molecule has 2 nitrogen and oxygen atoms in total. The summed E-state index contributed by atoms with van der Waals surface area (Å²) < 4.78 is 36.5. The van der Waals surface area contributed by atoms with Gasteiger partial charge in [-0.1, -0.05) is 18.2 Å². The summed E-state index contributed by atoms with van der Waals surface area (Å²) in [6.07, 6.45) is 1.06. The first-order valence-electron chi connectivity index (χ1n) is 5.35. The van der Waals surface area contributed by atoms with Crippen molar-refractivity contribution < 1.29 is 12.8 Å². The first-order valence-corrected chi connectivity index (χ1v) is 7.25. The molecule has 0 saturated carbocycles. The molecule has 0 bridgehead atoms. The fourth-order valence-electron chi connectivity index (χ4n) is 1.71. The lowest BCUT2D eigenvalue weighted by Gasteiger charge is -2.06. The Hall–Kier alpha value is -1.68. The van der Waals surface area contributed by atoms with E-state index in [4.69, 9.17) is 0 Å². The van der Waals surface area contributed by atoms with E-state index in [0.717, 1.165) is 17.9 Å². The van der Waals surface area contributed by atoms with Crippen LogP contribution in [0.2, 0.25) is 0 Å². The van der Waals surface area contributed by atoms with Crippen LogP contribution >= 0.6 is 0 Å². The molecular weight excluding hydrogens is 251 g/mol. The molecule has 2 aromatic carbocycles. The SMILES string of the molecule is Cc1c[c]cc(-c2ccc(S(C)(=O)=O)cc2F)c1. The topological polar surface area (TPSA) is 34.1 Å². The zero-order valence-corrected chi connectivity index (χ0v) is 10.9. The molecule has 0 unspecified atom stereocenters. The van der Waals surface area contributed by atoms with E-state index >= 15 is 0 Å². The first kappa shape index (κ1) is 12.8. The van der Waals surface area contributed by atoms with Gasteiger partial charge in [0.1, 0.15) is 5.82 Å². The van der Waals surface area contributed by atoms with E-state index < -0.39 is 15.7 Å². The van der Waals surface area contributed by atoms with Crippen molar-refractivity contribution in [3.63, 3.8) is 0 Å². The molecule has 0 aliphatic carbocycles. The van der Waals surface area contributed by atoms with Crippen LogP contribution in [0.5, 0.6) is 0 Å². The number of aryl methyl sites for hydroxylation is 1. The Morgan fingerprint density at radius 2 is 1.89 bits per heavy atom. The normalized spacial score (nSPS) is 11.5. The van der Waals surface area contributed by atoms with E-state index in [1.54, 1.807) is 12.1 Å². The predicted molar refractivity (Wildman–Crippen MR) is 68.5 cm³/mol. The molecule has 0 fully saturated rings. The number of sulfone groups is 1. The minimum Gasteiger partial charge on any atom is -0.224 e. The van der Waals surface area contributed by atoms with Gasteiger partial charge in [-0.3, -0.25) is 0 Å². The van der Waals surface area contributed by atoms with Crippen molar-refractivity contribution in [2.45, 2.75) is 11.8 Å². The number of hydrogen-bond donors (Lipinski definition) is 0. The van der Waals surface area contributed by atoms with Crippen LogP contribution in [0.1, 0.15) is 5.56 Å². The van der Waals surface area contributed by atoms with E-state index in [2.05, 4.69) is 6.07 Å². The van der Waals surface area contributed by atoms with Crippen molar-refractivity contribution in [2.75, 3.05) is 6.26 Å². The Bertz CT molecular complexity index is 691. The summed E-state index contributed by atoms with van der Waals surface area (Å²) in [5.74, 6) is -0.545. The minimum atomic E-state index is -3.38. The van der Waals surface area contributed by atoms with Gasteiger partial charge in [0.2, 0.25) is 0 Å². The summed E-state index contributed by atoms with van der Waals surface area (Å²) in [5.41, 5.74) is 2.04. The molecule has 2 aromatic rings. The Morgan fingerprint density at radius 3 is 2.44 bits per heavy atom. The maximum Gasteiger partial charge on any atom is 0.175 e. The zero-order chi connectivity index (χ0) is 13.3. The first-order chi connectivity index (χ1) is 8.38. The molecule has 0 aromatic heterocycles. The monoisotopic (exact) mass is 263 g/mol. The maximum atomic E-state index is 13.9. The fourth-order valence-corrected chi connectivity index (χ4v) is 2.34. The smallest absolute Gasteiger partial charge is 0.175 e. The third-order valence-electron chi connectivity index (χ3n) is 2.61. The van der Waals surface area contributed by atoms with Gasteiger partial charge in [-0.05, 0) is 42.3 Å². The van der Waals surface area contributed by atoms with Gasteiger partial charge in [-0.2, -0.15) is 0 Å². The summed E-state index contributed by atoms with van der Waals surface area (Å²) in [6.45, 7) is 1.89. The number of rotatable bonds is 2. The zero-order valence-electron chi connectivity index (χ0n) is 10.1. The highest BCUT2D eigenvalue weighted by molar-refractivity contribution is 7.90. The van der Waals surface area contributed by atoms with Crippen LogP contribution in [0, 0.1) is 18.8 Å². The lowest BCUT2D eigenvalue weighted by Crippen LogP contribution is -1.98. The summed E-state index contributed by atoms with van der Waals surface area (Å²) in [4.78, 5) is -0.0135. The van der Waals surface area contributed by atoms with Crippen LogP contribution in [0.25, 0.3) is 11.1 Å². The predicted octanol–water partition coefficient (Wildman–Crippen LogP) is 3.00. The standard InChI is InChI=1S/C14H12FO2S/c1-10-4-3-5-11(8-10)13-7-6-12(9-14(13)15)18(2,16)17/h4-9H,1-2H3. The van der Waals surface area contributed by atoms with Gasteiger partial charge < -0.3 is 0 Å². The second-order valence-corrected chi connectivity index (χ2v) is 6.23. The molecular formula is C14H12FO2S. The van der Waals surface area contributed by atoms with Crippen LogP contribution in [0.15, 0.2) is 41.3 Å². The Kier molecular flexibility index (Phi) is 3.22. The Balaban J connectivity index is 2.55. The van der Waals surface area contributed by atoms with Gasteiger partial charge in [-0.25, -0.2) is 12.8 Å². The van der Waals surface area contributed by atoms with Crippen molar-refractivity contribution in [1.29, 1.82) is 0 Å². The van der Waals surface area contributed by atoms with E-state index in [-0.39, 0.29) is 4.90 Å². The van der Waals surface area contributed by atoms with Gasteiger partial charge in [0.05, 0.1) is 4.90 Å². The van der Waals surface area contributed by atoms with Crippen molar-refractivity contribution >= 4 is 9.84 Å². The average molecular weight is 263 g/mol. The highest BCUT2D eigenvalue weighted by Crippen LogP contribution is 2.25. The van der Waals surface area contributed by atoms with Crippen LogP contribution < -0.4 is 0 Å². The van der Waals surface area contributed by atoms with Gasteiger partial charge >= 0.3 is 0 Å². The molecule has 0 spiro atoms. The third kappa shape index (κ3) is 2.59.